The molecule has 0 unspecified atom stereocenters. The lowest BCUT2D eigenvalue weighted by molar-refractivity contribution is 0.118. The lowest BCUT2D eigenvalue weighted by Gasteiger charge is -2.35. The zero-order chi connectivity index (χ0) is 14.5. The van der Waals surface area contributed by atoms with Crippen LogP contribution in [0.2, 0.25) is 0 Å². The number of nitrogens with zero attached hydrogens (tertiary/aromatic N) is 1. The molecule has 1 aromatic carbocycles. The first-order valence-electron chi connectivity index (χ1n) is 6.55. The largest absolute Gasteiger partial charge is 0.496 e. The Morgan fingerprint density at radius 3 is 2.58 bits per heavy atom. The number of likely N-dealkylation sites (N-methyl/N-ethyl adjacent to an activating group) is 1. The topological polar surface area (TPSA) is 32.7 Å². The number of aliphatic hydroxyl groups is 1. The summed E-state index contributed by atoms with van der Waals surface area (Å²) in [5.74, 6) is 0.859. The van der Waals surface area contributed by atoms with Gasteiger partial charge in [-0.05, 0) is 67.4 Å². The first kappa shape index (κ1) is 16.5. The second-order valence-electron chi connectivity index (χ2n) is 5.43. The van der Waals surface area contributed by atoms with Crippen LogP contribution in [0.15, 0.2) is 22.7 Å². The van der Waals surface area contributed by atoms with Gasteiger partial charge in [-0.1, -0.05) is 6.07 Å². The fourth-order valence-electron chi connectivity index (χ4n) is 1.93. The molecular formula is C15H24BrNO2. The first-order valence-corrected chi connectivity index (χ1v) is 7.34. The number of hydrogen-bond donors (Lipinski definition) is 1. The minimum atomic E-state index is 0.0262. The molecule has 0 aliphatic carbocycles. The molecule has 0 aromatic heterocycles. The summed E-state index contributed by atoms with van der Waals surface area (Å²) in [5.41, 5.74) is 1.30. The van der Waals surface area contributed by atoms with Crippen LogP contribution in [-0.2, 0) is 6.42 Å². The third-order valence-corrected chi connectivity index (χ3v) is 4.33. The Kier molecular flexibility index (Phi) is 6.30. The van der Waals surface area contributed by atoms with Crippen molar-refractivity contribution in [1.82, 2.24) is 4.90 Å². The molecule has 108 valence electrons. The van der Waals surface area contributed by atoms with Crippen molar-refractivity contribution in [2.24, 2.45) is 0 Å². The number of halogens is 1. The maximum atomic E-state index is 9.08. The number of benzene rings is 1. The summed E-state index contributed by atoms with van der Waals surface area (Å²) in [6.45, 7) is 5.51. The summed E-state index contributed by atoms with van der Waals surface area (Å²) < 4.78 is 6.22. The van der Waals surface area contributed by atoms with E-state index < -0.39 is 0 Å². The summed E-state index contributed by atoms with van der Waals surface area (Å²) in [4.78, 5) is 2.29. The van der Waals surface area contributed by atoms with Gasteiger partial charge < -0.3 is 14.7 Å². The van der Waals surface area contributed by atoms with Gasteiger partial charge in [-0.2, -0.15) is 0 Å². The van der Waals surface area contributed by atoms with Crippen LogP contribution in [0.5, 0.6) is 5.75 Å². The van der Waals surface area contributed by atoms with Crippen molar-refractivity contribution in [2.45, 2.75) is 32.2 Å². The van der Waals surface area contributed by atoms with E-state index in [2.05, 4.69) is 53.9 Å². The smallest absolute Gasteiger partial charge is 0.133 e. The van der Waals surface area contributed by atoms with Crippen molar-refractivity contribution in [2.75, 3.05) is 27.3 Å². The molecule has 1 N–H and O–H groups in total. The first-order chi connectivity index (χ1) is 8.90. The second kappa shape index (κ2) is 7.27. The van der Waals surface area contributed by atoms with E-state index in [9.17, 15) is 0 Å². The van der Waals surface area contributed by atoms with Crippen LogP contribution >= 0.6 is 15.9 Å². The van der Waals surface area contributed by atoms with E-state index in [-0.39, 0.29) is 12.1 Å². The molecule has 1 rings (SSSR count). The summed E-state index contributed by atoms with van der Waals surface area (Å²) in [6.07, 6.45) is 1.77. The molecular weight excluding hydrogens is 306 g/mol. The van der Waals surface area contributed by atoms with Gasteiger partial charge in [0.25, 0.3) is 0 Å². The summed E-state index contributed by atoms with van der Waals surface area (Å²) in [7, 11) is 3.78. The predicted octanol–water partition coefficient (Wildman–Crippen LogP) is 3.09. The van der Waals surface area contributed by atoms with Gasteiger partial charge in [0.15, 0.2) is 0 Å². The molecule has 0 amide bonds. The van der Waals surface area contributed by atoms with Gasteiger partial charge in [-0.3, -0.25) is 0 Å². The molecule has 0 radical (unpaired) electrons. The van der Waals surface area contributed by atoms with E-state index in [1.165, 1.54) is 5.56 Å². The van der Waals surface area contributed by atoms with Crippen molar-refractivity contribution in [3.8, 4) is 5.75 Å². The SMILES string of the molecule is COc1ccc(CCN(C)C(C)(C)CCO)cc1Br. The minimum absolute atomic E-state index is 0.0262. The van der Waals surface area contributed by atoms with E-state index in [1.807, 2.05) is 6.07 Å². The molecule has 4 heteroatoms. The van der Waals surface area contributed by atoms with Crippen molar-refractivity contribution in [3.63, 3.8) is 0 Å². The Labute approximate surface area is 124 Å². The Morgan fingerprint density at radius 2 is 2.05 bits per heavy atom. The van der Waals surface area contributed by atoms with Gasteiger partial charge in [0, 0.05) is 18.7 Å². The van der Waals surface area contributed by atoms with E-state index in [0.29, 0.717) is 0 Å². The maximum absolute atomic E-state index is 9.08. The van der Waals surface area contributed by atoms with Crippen molar-refractivity contribution in [1.29, 1.82) is 0 Å². The van der Waals surface area contributed by atoms with Crippen LogP contribution < -0.4 is 4.74 Å². The summed E-state index contributed by atoms with van der Waals surface area (Å²) in [6, 6.07) is 6.18. The molecule has 0 saturated carbocycles. The second-order valence-corrected chi connectivity index (χ2v) is 6.28. The van der Waals surface area contributed by atoms with Crippen LogP contribution in [0, 0.1) is 0 Å². The molecule has 0 aliphatic rings. The Bertz CT molecular complexity index is 407. The molecule has 3 nitrogen and oxygen atoms in total. The van der Waals surface area contributed by atoms with Crippen molar-refractivity contribution in [3.05, 3.63) is 28.2 Å². The fraction of sp³-hybridized carbons (Fsp3) is 0.600. The Hall–Kier alpha value is -0.580. The quantitative estimate of drug-likeness (QED) is 0.834. The number of hydrogen-bond acceptors (Lipinski definition) is 3. The molecule has 0 aliphatic heterocycles. The van der Waals surface area contributed by atoms with E-state index in [1.54, 1.807) is 7.11 Å². The van der Waals surface area contributed by atoms with Crippen LogP contribution in [0.25, 0.3) is 0 Å². The zero-order valence-corrected chi connectivity index (χ0v) is 13.8. The van der Waals surface area contributed by atoms with E-state index >= 15 is 0 Å². The molecule has 0 fully saturated rings. The number of ether oxygens (including phenoxy) is 1. The van der Waals surface area contributed by atoms with E-state index in [4.69, 9.17) is 9.84 Å². The van der Waals surface area contributed by atoms with E-state index in [0.717, 1.165) is 29.6 Å². The van der Waals surface area contributed by atoms with Crippen molar-refractivity contribution >= 4 is 15.9 Å². The van der Waals surface area contributed by atoms with Crippen LogP contribution in [0.1, 0.15) is 25.8 Å². The van der Waals surface area contributed by atoms with Gasteiger partial charge in [0.2, 0.25) is 0 Å². The standard InChI is InChI=1S/C15H24BrNO2/c1-15(2,8-10-18)17(3)9-7-12-5-6-14(19-4)13(16)11-12/h5-6,11,18H,7-10H2,1-4H3. The molecule has 1 aromatic rings. The number of aliphatic hydroxyl groups excluding tert-OH is 1. The van der Waals surface area contributed by atoms with Crippen LogP contribution in [-0.4, -0.2) is 42.9 Å². The lowest BCUT2D eigenvalue weighted by Crippen LogP contribution is -2.42. The molecule has 0 spiro atoms. The van der Waals surface area contributed by atoms with Gasteiger partial charge in [-0.15, -0.1) is 0 Å². The lowest BCUT2D eigenvalue weighted by atomic mass is 9.98. The van der Waals surface area contributed by atoms with Crippen molar-refractivity contribution < 1.29 is 9.84 Å². The average Bonchev–Trinajstić information content (AvgIpc) is 2.36. The Morgan fingerprint density at radius 1 is 1.37 bits per heavy atom. The highest BCUT2D eigenvalue weighted by Gasteiger charge is 2.22. The van der Waals surface area contributed by atoms with Gasteiger partial charge in [-0.25, -0.2) is 0 Å². The highest BCUT2D eigenvalue weighted by molar-refractivity contribution is 9.10. The zero-order valence-electron chi connectivity index (χ0n) is 12.2. The summed E-state index contributed by atoms with van der Waals surface area (Å²) >= 11 is 3.51. The highest BCUT2D eigenvalue weighted by Crippen LogP contribution is 2.26. The maximum Gasteiger partial charge on any atom is 0.133 e. The van der Waals surface area contributed by atoms with Gasteiger partial charge in [0.05, 0.1) is 11.6 Å². The molecule has 0 bridgehead atoms. The monoisotopic (exact) mass is 329 g/mol. The normalized spacial score (nSPS) is 11.9. The predicted molar refractivity (Wildman–Crippen MR) is 82.8 cm³/mol. The summed E-state index contributed by atoms with van der Waals surface area (Å²) in [5, 5.41) is 9.08. The Balaban J connectivity index is 2.59. The number of methoxy groups -OCH3 is 1. The molecule has 0 saturated heterocycles. The average molecular weight is 330 g/mol. The third kappa shape index (κ3) is 4.79. The molecule has 19 heavy (non-hydrogen) atoms. The fourth-order valence-corrected chi connectivity index (χ4v) is 2.52. The number of rotatable bonds is 7. The van der Waals surface area contributed by atoms with Gasteiger partial charge >= 0.3 is 0 Å². The minimum Gasteiger partial charge on any atom is -0.496 e. The molecule has 0 atom stereocenters. The third-order valence-electron chi connectivity index (χ3n) is 3.71. The van der Waals surface area contributed by atoms with Crippen LogP contribution in [0.4, 0.5) is 0 Å². The molecule has 0 heterocycles. The van der Waals surface area contributed by atoms with Gasteiger partial charge in [0.1, 0.15) is 5.75 Å². The van der Waals surface area contributed by atoms with Crippen LogP contribution in [0.3, 0.4) is 0 Å². The highest BCUT2D eigenvalue weighted by atomic mass is 79.9.